The first-order valence-corrected chi connectivity index (χ1v) is 10.7. The van der Waals surface area contributed by atoms with Crippen molar-refractivity contribution < 1.29 is 4.39 Å². The van der Waals surface area contributed by atoms with Crippen LogP contribution in [0.15, 0.2) is 45.3 Å². The number of rotatable bonds is 3. The second-order valence-corrected chi connectivity index (χ2v) is 7.11. The van der Waals surface area contributed by atoms with Crippen LogP contribution >= 0.6 is 11.6 Å². The van der Waals surface area contributed by atoms with Crippen molar-refractivity contribution in [3.63, 3.8) is 0 Å². The SMILES string of the molecule is CC.CCCC.Cc1nc2c(c(=O)n(C)c(=O)n2C)n1CC1=C(F)C=CC=CC1Cl. The summed E-state index contributed by atoms with van der Waals surface area (Å²) in [7, 11) is 2.94. The molecule has 6 nitrogen and oxygen atoms in total. The van der Waals surface area contributed by atoms with Crippen molar-refractivity contribution in [2.45, 2.75) is 59.4 Å². The third-order valence-electron chi connectivity index (χ3n) is 4.64. The number of imidazole rings is 1. The van der Waals surface area contributed by atoms with Gasteiger partial charge in [-0.1, -0.05) is 58.8 Å². The number of alkyl halides is 1. The zero-order valence-electron chi connectivity index (χ0n) is 18.9. The Balaban J connectivity index is 0.000000673. The Hall–Kier alpha value is -2.41. The van der Waals surface area contributed by atoms with Gasteiger partial charge >= 0.3 is 5.69 Å². The van der Waals surface area contributed by atoms with Crippen molar-refractivity contribution in [1.29, 1.82) is 0 Å². The highest BCUT2D eigenvalue weighted by Gasteiger charge is 2.21. The summed E-state index contributed by atoms with van der Waals surface area (Å²) in [6, 6.07) is 0. The molecule has 166 valence electrons. The van der Waals surface area contributed by atoms with E-state index in [4.69, 9.17) is 11.6 Å². The quantitative estimate of drug-likeness (QED) is 0.661. The summed E-state index contributed by atoms with van der Waals surface area (Å²) in [4.78, 5) is 28.9. The van der Waals surface area contributed by atoms with E-state index in [1.54, 1.807) is 36.8 Å². The van der Waals surface area contributed by atoms with E-state index in [0.717, 1.165) is 4.57 Å². The Morgan fingerprint density at radius 2 is 1.70 bits per heavy atom. The van der Waals surface area contributed by atoms with Crippen molar-refractivity contribution in [1.82, 2.24) is 18.7 Å². The maximum atomic E-state index is 14.3. The summed E-state index contributed by atoms with van der Waals surface area (Å²) in [5.41, 5.74) is -0.0791. The molecule has 2 heterocycles. The highest BCUT2D eigenvalue weighted by Crippen LogP contribution is 2.24. The third kappa shape index (κ3) is 5.39. The number of fused-ring (bicyclic) bond motifs is 1. The second kappa shape index (κ2) is 11.7. The summed E-state index contributed by atoms with van der Waals surface area (Å²) in [6.07, 6.45) is 8.88. The number of halogens is 2. The normalized spacial score (nSPS) is 15.4. The van der Waals surface area contributed by atoms with E-state index < -0.39 is 22.5 Å². The predicted molar refractivity (Wildman–Crippen MR) is 123 cm³/mol. The van der Waals surface area contributed by atoms with E-state index in [9.17, 15) is 14.0 Å². The molecule has 0 bridgehead atoms. The van der Waals surface area contributed by atoms with Crippen LogP contribution in [0.3, 0.4) is 0 Å². The lowest BCUT2D eigenvalue weighted by Gasteiger charge is -2.14. The zero-order chi connectivity index (χ0) is 23.0. The van der Waals surface area contributed by atoms with E-state index in [0.29, 0.717) is 11.4 Å². The maximum Gasteiger partial charge on any atom is 0.332 e. The maximum absolute atomic E-state index is 14.3. The molecule has 0 aliphatic heterocycles. The molecule has 1 unspecified atom stereocenters. The van der Waals surface area contributed by atoms with Gasteiger partial charge in [0, 0.05) is 19.7 Å². The Morgan fingerprint density at radius 1 is 1.10 bits per heavy atom. The van der Waals surface area contributed by atoms with Gasteiger partial charge in [0.2, 0.25) is 0 Å². The molecule has 0 saturated heterocycles. The largest absolute Gasteiger partial charge is 0.332 e. The fraction of sp³-hybridized carbons (Fsp3) is 0.500. The monoisotopic (exact) mass is 438 g/mol. The van der Waals surface area contributed by atoms with Gasteiger partial charge in [0.25, 0.3) is 5.56 Å². The Labute approximate surface area is 182 Å². The topological polar surface area (TPSA) is 61.8 Å². The van der Waals surface area contributed by atoms with Gasteiger partial charge in [-0.2, -0.15) is 0 Å². The second-order valence-electron chi connectivity index (χ2n) is 6.64. The zero-order valence-corrected chi connectivity index (χ0v) is 19.6. The average molecular weight is 439 g/mol. The highest BCUT2D eigenvalue weighted by molar-refractivity contribution is 6.23. The summed E-state index contributed by atoms with van der Waals surface area (Å²) in [5, 5.41) is -0.631. The van der Waals surface area contributed by atoms with E-state index in [1.165, 1.54) is 30.5 Å². The Morgan fingerprint density at radius 3 is 2.27 bits per heavy atom. The molecule has 8 heteroatoms. The Bertz CT molecular complexity index is 1070. The van der Waals surface area contributed by atoms with Crippen LogP contribution in [0.25, 0.3) is 11.2 Å². The Kier molecular flexibility index (Phi) is 9.99. The number of hydrogen-bond acceptors (Lipinski definition) is 3. The van der Waals surface area contributed by atoms with Crippen molar-refractivity contribution in [2.75, 3.05) is 0 Å². The van der Waals surface area contributed by atoms with Crippen molar-refractivity contribution in [3.05, 3.63) is 62.4 Å². The molecule has 3 rings (SSSR count). The van der Waals surface area contributed by atoms with Gasteiger partial charge in [0.15, 0.2) is 11.2 Å². The molecule has 1 aliphatic rings. The highest BCUT2D eigenvalue weighted by atomic mass is 35.5. The molecule has 2 aromatic rings. The smallest absolute Gasteiger partial charge is 0.318 e. The standard InChI is InChI=1S/C16H16ClFN4O2.C4H10.C2H6/c1-9-19-14-13(15(23)21(3)16(24)20(14)2)22(9)8-10-11(17)6-4-5-7-12(10)18;1-3-4-2;1-2/h4-7,11H,8H2,1-3H3;3-4H2,1-2H3;1-2H3. The molecule has 1 aliphatic carbocycles. The lowest BCUT2D eigenvalue weighted by Crippen LogP contribution is -2.37. The lowest BCUT2D eigenvalue weighted by molar-refractivity contribution is 0.625. The van der Waals surface area contributed by atoms with E-state index in [-0.39, 0.29) is 17.7 Å². The fourth-order valence-corrected chi connectivity index (χ4v) is 3.00. The van der Waals surface area contributed by atoms with Crippen LogP contribution in [0.1, 0.15) is 46.4 Å². The molecule has 0 amide bonds. The lowest BCUT2D eigenvalue weighted by atomic mass is 10.1. The van der Waals surface area contributed by atoms with Crippen LogP contribution in [0.5, 0.6) is 0 Å². The molecule has 30 heavy (non-hydrogen) atoms. The molecule has 0 N–H and O–H groups in total. The summed E-state index contributed by atoms with van der Waals surface area (Å²) >= 11 is 6.23. The van der Waals surface area contributed by atoms with E-state index in [2.05, 4.69) is 18.8 Å². The summed E-state index contributed by atoms with van der Waals surface area (Å²) in [5.74, 6) is 0.0626. The third-order valence-corrected chi connectivity index (χ3v) is 5.05. The van der Waals surface area contributed by atoms with Crippen LogP contribution in [0, 0.1) is 6.92 Å². The number of allylic oxidation sites excluding steroid dienone is 6. The predicted octanol–water partition coefficient (Wildman–Crippen LogP) is 4.53. The van der Waals surface area contributed by atoms with Gasteiger partial charge in [-0.05, 0) is 13.0 Å². The molecule has 0 aromatic carbocycles. The number of nitrogens with zero attached hydrogens (tertiary/aromatic N) is 4. The molecule has 0 saturated carbocycles. The first-order valence-electron chi connectivity index (χ1n) is 10.2. The van der Waals surface area contributed by atoms with Crippen molar-refractivity contribution in [2.24, 2.45) is 14.1 Å². The van der Waals surface area contributed by atoms with Crippen molar-refractivity contribution in [3.8, 4) is 0 Å². The van der Waals surface area contributed by atoms with E-state index in [1.807, 2.05) is 13.8 Å². The fourth-order valence-electron chi connectivity index (χ4n) is 2.74. The minimum atomic E-state index is -0.631. The van der Waals surface area contributed by atoms with Gasteiger partial charge in [-0.25, -0.2) is 14.2 Å². The van der Waals surface area contributed by atoms with Crippen LogP contribution in [-0.4, -0.2) is 24.1 Å². The molecule has 0 radical (unpaired) electrons. The van der Waals surface area contributed by atoms with Crippen LogP contribution < -0.4 is 11.2 Å². The summed E-state index contributed by atoms with van der Waals surface area (Å²) in [6.45, 7) is 10.1. The molecule has 0 fully saturated rings. The van der Waals surface area contributed by atoms with Crippen LogP contribution in [0.2, 0.25) is 0 Å². The van der Waals surface area contributed by atoms with Gasteiger partial charge in [0.05, 0.1) is 11.9 Å². The van der Waals surface area contributed by atoms with E-state index >= 15 is 0 Å². The molecular weight excluding hydrogens is 407 g/mol. The van der Waals surface area contributed by atoms with Gasteiger partial charge in [0.1, 0.15) is 11.7 Å². The molecule has 2 aromatic heterocycles. The minimum Gasteiger partial charge on any atom is -0.318 e. The number of hydrogen-bond donors (Lipinski definition) is 0. The first-order chi connectivity index (χ1) is 14.2. The van der Waals surface area contributed by atoms with Gasteiger partial charge in [-0.15, -0.1) is 11.6 Å². The summed E-state index contributed by atoms with van der Waals surface area (Å²) < 4.78 is 18.2. The number of unbranched alkanes of at least 4 members (excludes halogenated alkanes) is 1. The van der Waals surface area contributed by atoms with Crippen molar-refractivity contribution >= 4 is 22.8 Å². The minimum absolute atomic E-state index is 0.0739. The van der Waals surface area contributed by atoms with Crippen LogP contribution in [-0.2, 0) is 20.6 Å². The van der Waals surface area contributed by atoms with Crippen LogP contribution in [0.4, 0.5) is 4.39 Å². The molecule has 1 atom stereocenters. The molecular formula is C22H32ClFN4O2. The first kappa shape index (κ1) is 25.6. The van der Waals surface area contributed by atoms with Gasteiger partial charge < -0.3 is 4.57 Å². The average Bonchev–Trinajstić information content (AvgIpc) is 3.00. The number of aryl methyl sites for hydroxylation is 2. The number of aromatic nitrogens is 4. The molecule has 0 spiro atoms. The van der Waals surface area contributed by atoms with Gasteiger partial charge in [-0.3, -0.25) is 13.9 Å².